The van der Waals surface area contributed by atoms with Gasteiger partial charge in [-0.05, 0) is 34.6 Å². The molecule has 0 spiro atoms. The van der Waals surface area contributed by atoms with E-state index in [1.165, 1.54) is 0 Å². The zero-order valence-corrected chi connectivity index (χ0v) is 20.6. The minimum atomic E-state index is -1.87. The summed E-state index contributed by atoms with van der Waals surface area (Å²) in [5.41, 5.74) is 0. The minimum absolute atomic E-state index is 0.106. The number of ether oxygens (including phenoxy) is 1. The van der Waals surface area contributed by atoms with Gasteiger partial charge in [0.2, 0.25) is 0 Å². The van der Waals surface area contributed by atoms with Crippen LogP contribution in [0.5, 0.6) is 11.5 Å². The second-order valence-corrected chi connectivity index (χ2v) is 18.4. The third kappa shape index (κ3) is 4.28. The summed E-state index contributed by atoms with van der Waals surface area (Å²) >= 11 is 0. The molecule has 0 saturated heterocycles. The lowest BCUT2D eigenvalue weighted by molar-refractivity contribution is 0.482. The van der Waals surface area contributed by atoms with Crippen molar-refractivity contribution in [1.29, 1.82) is 0 Å². The summed E-state index contributed by atoms with van der Waals surface area (Å²) in [7, 11) is -3.74. The number of para-hydroxylation sites is 1. The monoisotopic (exact) mass is 416 g/mol. The Labute approximate surface area is 173 Å². The molecule has 154 valence electrons. The van der Waals surface area contributed by atoms with E-state index in [1.807, 2.05) is 42.5 Å². The van der Waals surface area contributed by atoms with Crippen molar-refractivity contribution in [3.63, 3.8) is 0 Å². The van der Waals surface area contributed by atoms with Crippen molar-refractivity contribution in [2.45, 2.75) is 77.8 Å². The molecule has 0 N–H and O–H groups in total. The highest BCUT2D eigenvalue weighted by molar-refractivity contribution is 6.94. The van der Waals surface area contributed by atoms with Crippen molar-refractivity contribution in [2.24, 2.45) is 0 Å². The van der Waals surface area contributed by atoms with Crippen LogP contribution in [-0.2, 0) is 0 Å². The second-order valence-electron chi connectivity index (χ2n) is 7.93. The molecule has 0 aliphatic carbocycles. The number of hydrogen-bond donors (Lipinski definition) is 0. The van der Waals surface area contributed by atoms with Crippen LogP contribution in [0.1, 0.15) is 41.5 Å². The lowest BCUT2D eigenvalue weighted by atomic mass is 10.3. The molecule has 0 radical (unpaired) electrons. The zero-order chi connectivity index (χ0) is 20.8. The van der Waals surface area contributed by atoms with Gasteiger partial charge >= 0.3 is 0 Å². The average molecular weight is 417 g/mol. The Hall–Kier alpha value is -1.40. The van der Waals surface area contributed by atoms with E-state index in [-0.39, 0.29) is 5.82 Å². The predicted octanol–water partition coefficient (Wildman–Crippen LogP) is 7.05. The van der Waals surface area contributed by atoms with Gasteiger partial charge < -0.3 is 4.74 Å². The van der Waals surface area contributed by atoms with Crippen LogP contribution in [-0.4, -0.2) is 16.1 Å². The maximum absolute atomic E-state index is 16.1. The summed E-state index contributed by atoms with van der Waals surface area (Å²) in [6.45, 7) is 13.5. The van der Waals surface area contributed by atoms with Gasteiger partial charge in [0.05, 0.1) is 16.1 Å². The van der Waals surface area contributed by atoms with E-state index in [2.05, 4.69) is 41.5 Å². The van der Waals surface area contributed by atoms with Crippen LogP contribution < -0.4 is 15.1 Å². The average Bonchev–Trinajstić information content (AvgIpc) is 2.74. The highest BCUT2D eigenvalue weighted by Gasteiger charge is 2.38. The lowest BCUT2D eigenvalue weighted by Gasteiger charge is -2.34. The zero-order valence-electron chi connectivity index (χ0n) is 18.6. The molecule has 1 nitrogen and oxygen atoms in total. The van der Waals surface area contributed by atoms with Crippen LogP contribution >= 0.6 is 0 Å². The van der Waals surface area contributed by atoms with Crippen molar-refractivity contribution < 1.29 is 9.13 Å². The molecule has 0 unspecified atom stereocenters. The Morgan fingerprint density at radius 3 is 1.39 bits per heavy atom. The van der Waals surface area contributed by atoms with Crippen molar-refractivity contribution in [1.82, 2.24) is 0 Å². The highest BCUT2D eigenvalue weighted by atomic mass is 28.3. The molecule has 0 aliphatic rings. The molecule has 28 heavy (non-hydrogen) atoms. The summed E-state index contributed by atoms with van der Waals surface area (Å²) < 4.78 is 22.4. The van der Waals surface area contributed by atoms with Gasteiger partial charge in [0.1, 0.15) is 17.3 Å². The standard InChI is InChI=1S/C24H37FOSi2/c1-7-27(8-2,9-3)22-18-21(26-20-16-14-13-15-17-20)19-23(24(22)25)28(10-4,11-5)12-6/h13-19H,7-12H2,1-6H3. The van der Waals surface area contributed by atoms with Gasteiger partial charge in [0, 0.05) is 0 Å². The number of rotatable bonds is 10. The van der Waals surface area contributed by atoms with E-state index in [0.29, 0.717) is 0 Å². The molecule has 2 rings (SSSR count). The normalized spacial score (nSPS) is 12.2. The molecule has 4 heteroatoms. The van der Waals surface area contributed by atoms with Gasteiger partial charge in [0.15, 0.2) is 0 Å². The Morgan fingerprint density at radius 2 is 1.04 bits per heavy atom. The van der Waals surface area contributed by atoms with Crippen LogP contribution in [0.3, 0.4) is 0 Å². The summed E-state index contributed by atoms with van der Waals surface area (Å²) in [4.78, 5) is 0. The summed E-state index contributed by atoms with van der Waals surface area (Å²) in [6, 6.07) is 20.4. The molecule has 0 atom stereocenters. The summed E-state index contributed by atoms with van der Waals surface area (Å²) in [5.74, 6) is 1.74. The first kappa shape index (κ1) is 22.9. The lowest BCUT2D eigenvalue weighted by Crippen LogP contribution is -2.55. The maximum Gasteiger partial charge on any atom is 0.127 e. The van der Waals surface area contributed by atoms with Crippen molar-refractivity contribution in [3.8, 4) is 11.5 Å². The molecule has 0 bridgehead atoms. The fourth-order valence-electron chi connectivity index (χ4n) is 4.70. The largest absolute Gasteiger partial charge is 0.457 e. The SMILES string of the molecule is CC[Si](CC)(CC)c1cc(Oc2ccccc2)cc([Si](CC)(CC)CC)c1F. The highest BCUT2D eigenvalue weighted by Crippen LogP contribution is 2.29. The summed E-state index contributed by atoms with van der Waals surface area (Å²) in [5, 5.41) is 1.99. The van der Waals surface area contributed by atoms with E-state index < -0.39 is 16.1 Å². The molecule has 0 saturated carbocycles. The maximum atomic E-state index is 16.1. The third-order valence-electron chi connectivity index (χ3n) is 7.23. The van der Waals surface area contributed by atoms with Crippen LogP contribution in [0.25, 0.3) is 0 Å². The molecular formula is C24H37FOSi2. The fourth-order valence-corrected chi connectivity index (χ4v) is 12.2. The quantitative estimate of drug-likeness (QED) is 0.377. The molecule has 2 aromatic rings. The Balaban J connectivity index is 2.74. The van der Waals surface area contributed by atoms with E-state index in [4.69, 9.17) is 4.74 Å². The third-order valence-corrected chi connectivity index (χ3v) is 18.4. The Kier molecular flexibility index (Phi) is 8.08. The van der Waals surface area contributed by atoms with Gasteiger partial charge in [0.25, 0.3) is 0 Å². The van der Waals surface area contributed by atoms with Crippen LogP contribution in [0.15, 0.2) is 42.5 Å². The van der Waals surface area contributed by atoms with E-state index in [0.717, 1.165) is 58.1 Å². The Bertz CT molecular complexity index is 695. The molecule has 2 aromatic carbocycles. The van der Waals surface area contributed by atoms with Crippen molar-refractivity contribution in [2.75, 3.05) is 0 Å². The van der Waals surface area contributed by atoms with E-state index in [1.54, 1.807) is 0 Å². The van der Waals surface area contributed by atoms with Gasteiger partial charge in [-0.15, -0.1) is 0 Å². The summed E-state index contributed by atoms with van der Waals surface area (Å²) in [6.07, 6.45) is 0. The Morgan fingerprint density at radius 1 is 0.643 bits per heavy atom. The molecule has 0 fully saturated rings. The van der Waals surface area contributed by atoms with Gasteiger partial charge in [-0.1, -0.05) is 96.0 Å². The van der Waals surface area contributed by atoms with Crippen molar-refractivity contribution in [3.05, 3.63) is 48.3 Å². The topological polar surface area (TPSA) is 9.23 Å². The number of hydrogen-bond acceptors (Lipinski definition) is 1. The fraction of sp³-hybridized carbons (Fsp3) is 0.500. The van der Waals surface area contributed by atoms with Gasteiger partial charge in [-0.25, -0.2) is 4.39 Å². The predicted molar refractivity (Wildman–Crippen MR) is 127 cm³/mol. The first-order valence-electron chi connectivity index (χ1n) is 11.0. The number of halogens is 1. The van der Waals surface area contributed by atoms with E-state index in [9.17, 15) is 0 Å². The van der Waals surface area contributed by atoms with E-state index >= 15 is 4.39 Å². The van der Waals surface area contributed by atoms with Crippen LogP contribution in [0.2, 0.25) is 36.3 Å². The van der Waals surface area contributed by atoms with Crippen molar-refractivity contribution >= 4 is 26.5 Å². The molecule has 0 aliphatic heterocycles. The smallest absolute Gasteiger partial charge is 0.127 e. The molecule has 0 aromatic heterocycles. The number of benzene rings is 2. The first-order chi connectivity index (χ1) is 13.5. The van der Waals surface area contributed by atoms with Crippen LogP contribution in [0, 0.1) is 5.82 Å². The minimum Gasteiger partial charge on any atom is -0.457 e. The molecular weight excluding hydrogens is 379 g/mol. The molecule has 0 heterocycles. The molecule has 0 amide bonds. The van der Waals surface area contributed by atoms with Crippen LogP contribution in [0.4, 0.5) is 4.39 Å². The second kappa shape index (κ2) is 9.88. The van der Waals surface area contributed by atoms with Gasteiger partial charge in [-0.3, -0.25) is 0 Å². The first-order valence-corrected chi connectivity index (χ1v) is 16.3. The van der Waals surface area contributed by atoms with Gasteiger partial charge in [-0.2, -0.15) is 0 Å².